The molecule has 0 aliphatic rings. The van der Waals surface area contributed by atoms with Gasteiger partial charge in [-0.3, -0.25) is 4.79 Å². The van der Waals surface area contributed by atoms with E-state index in [1.165, 1.54) is 30.3 Å². The highest BCUT2D eigenvalue weighted by Gasteiger charge is 2.14. The Bertz CT molecular complexity index is 720. The highest BCUT2D eigenvalue weighted by atomic mass is 79.9. The number of carbonyl (C=O) groups excluding carboxylic acids is 1. The SMILES string of the molecule is NC(=O)c1ccc(Oc2ccc(C(N)=S)c(Br)c2F)cc1. The lowest BCUT2D eigenvalue weighted by atomic mass is 10.2. The highest BCUT2D eigenvalue weighted by molar-refractivity contribution is 9.10. The fourth-order valence-corrected chi connectivity index (χ4v) is 2.46. The highest BCUT2D eigenvalue weighted by Crippen LogP contribution is 2.31. The number of benzene rings is 2. The van der Waals surface area contributed by atoms with Crippen LogP contribution >= 0.6 is 28.1 Å². The van der Waals surface area contributed by atoms with Crippen LogP contribution in [0.2, 0.25) is 0 Å². The van der Waals surface area contributed by atoms with Crippen molar-refractivity contribution < 1.29 is 13.9 Å². The average Bonchev–Trinajstić information content (AvgIpc) is 2.44. The molecule has 4 nitrogen and oxygen atoms in total. The van der Waals surface area contributed by atoms with Crippen LogP contribution in [0.3, 0.4) is 0 Å². The lowest BCUT2D eigenvalue weighted by molar-refractivity contribution is 0.100. The van der Waals surface area contributed by atoms with Gasteiger partial charge in [0.15, 0.2) is 11.6 Å². The summed E-state index contributed by atoms with van der Waals surface area (Å²) in [6.45, 7) is 0. The summed E-state index contributed by atoms with van der Waals surface area (Å²) in [5.74, 6) is -0.780. The minimum Gasteiger partial charge on any atom is -0.454 e. The Morgan fingerprint density at radius 1 is 1.14 bits per heavy atom. The molecular formula is C14H10BrFN2O2S. The van der Waals surface area contributed by atoms with Gasteiger partial charge in [0.2, 0.25) is 5.91 Å². The van der Waals surface area contributed by atoms with Crippen LogP contribution < -0.4 is 16.2 Å². The quantitative estimate of drug-likeness (QED) is 0.812. The van der Waals surface area contributed by atoms with Crippen LogP contribution in [0.15, 0.2) is 40.9 Å². The second-order valence-electron chi connectivity index (χ2n) is 4.09. The maximum Gasteiger partial charge on any atom is 0.248 e. The Morgan fingerprint density at radius 2 is 1.76 bits per heavy atom. The van der Waals surface area contributed by atoms with Gasteiger partial charge in [-0.05, 0) is 52.3 Å². The summed E-state index contributed by atoms with van der Waals surface area (Å²) >= 11 is 7.91. The Kier molecular flexibility index (Phi) is 4.54. The van der Waals surface area contributed by atoms with Crippen LogP contribution in [0.5, 0.6) is 11.5 Å². The molecule has 2 aromatic rings. The first kappa shape index (κ1) is 15.4. The van der Waals surface area contributed by atoms with Gasteiger partial charge in [0.1, 0.15) is 10.7 Å². The van der Waals surface area contributed by atoms with E-state index < -0.39 is 11.7 Å². The molecule has 0 spiro atoms. The lowest BCUT2D eigenvalue weighted by Gasteiger charge is -2.10. The van der Waals surface area contributed by atoms with Crippen molar-refractivity contribution in [1.82, 2.24) is 0 Å². The molecule has 1 amide bonds. The zero-order valence-corrected chi connectivity index (χ0v) is 13.0. The number of rotatable bonds is 4. The summed E-state index contributed by atoms with van der Waals surface area (Å²) in [6.07, 6.45) is 0. The van der Waals surface area contributed by atoms with E-state index in [-0.39, 0.29) is 15.2 Å². The molecule has 0 radical (unpaired) electrons. The average molecular weight is 369 g/mol. The monoisotopic (exact) mass is 368 g/mol. The lowest BCUT2D eigenvalue weighted by Crippen LogP contribution is -2.11. The Labute approximate surface area is 134 Å². The van der Waals surface area contributed by atoms with Gasteiger partial charge in [-0.25, -0.2) is 4.39 Å². The molecule has 0 atom stereocenters. The topological polar surface area (TPSA) is 78.3 Å². The number of carbonyl (C=O) groups is 1. The van der Waals surface area contributed by atoms with Crippen LogP contribution in [-0.4, -0.2) is 10.9 Å². The van der Waals surface area contributed by atoms with Crippen molar-refractivity contribution in [3.8, 4) is 11.5 Å². The van der Waals surface area contributed by atoms with Crippen LogP contribution in [0.25, 0.3) is 0 Å². The minimum atomic E-state index is -0.612. The van der Waals surface area contributed by atoms with Crippen molar-refractivity contribution in [2.24, 2.45) is 11.5 Å². The molecule has 0 aliphatic heterocycles. The number of amides is 1. The van der Waals surface area contributed by atoms with E-state index in [2.05, 4.69) is 15.9 Å². The van der Waals surface area contributed by atoms with Gasteiger partial charge >= 0.3 is 0 Å². The van der Waals surface area contributed by atoms with Crippen LogP contribution in [0.1, 0.15) is 15.9 Å². The molecule has 0 aliphatic carbocycles. The first-order valence-electron chi connectivity index (χ1n) is 5.75. The smallest absolute Gasteiger partial charge is 0.248 e. The predicted octanol–water partition coefficient (Wildman–Crippen LogP) is 3.11. The first-order valence-corrected chi connectivity index (χ1v) is 6.96. The van der Waals surface area contributed by atoms with Crippen molar-refractivity contribution in [3.05, 3.63) is 57.8 Å². The van der Waals surface area contributed by atoms with Crippen molar-refractivity contribution >= 4 is 39.0 Å². The van der Waals surface area contributed by atoms with Crippen molar-refractivity contribution in [1.29, 1.82) is 0 Å². The molecule has 21 heavy (non-hydrogen) atoms. The largest absolute Gasteiger partial charge is 0.454 e. The molecule has 2 rings (SSSR count). The van der Waals surface area contributed by atoms with E-state index in [0.29, 0.717) is 16.9 Å². The van der Waals surface area contributed by atoms with Crippen LogP contribution in [-0.2, 0) is 0 Å². The Morgan fingerprint density at radius 3 is 2.29 bits per heavy atom. The molecule has 0 fully saturated rings. The predicted molar refractivity (Wildman–Crippen MR) is 85.0 cm³/mol. The zero-order chi connectivity index (χ0) is 15.6. The molecule has 0 aromatic heterocycles. The fraction of sp³-hybridized carbons (Fsp3) is 0. The van der Waals surface area contributed by atoms with Crippen LogP contribution in [0.4, 0.5) is 4.39 Å². The number of thiocarbonyl (C=S) groups is 1. The molecular weight excluding hydrogens is 359 g/mol. The molecule has 108 valence electrons. The number of hydrogen-bond donors (Lipinski definition) is 2. The van der Waals surface area contributed by atoms with Gasteiger partial charge in [0.25, 0.3) is 0 Å². The summed E-state index contributed by atoms with van der Waals surface area (Å²) in [7, 11) is 0. The molecule has 4 N–H and O–H groups in total. The van der Waals surface area contributed by atoms with Gasteiger partial charge in [0, 0.05) is 11.1 Å². The zero-order valence-electron chi connectivity index (χ0n) is 10.6. The Hall–Kier alpha value is -1.99. The number of primary amides is 1. The standard InChI is InChI=1S/C14H10BrFN2O2S/c15-11-9(14(18)21)5-6-10(12(11)16)20-8-3-1-7(2-4-8)13(17)19/h1-6H,(H2,17,19)(H2,18,21). The second kappa shape index (κ2) is 6.19. The van der Waals surface area contributed by atoms with E-state index in [1.807, 2.05) is 0 Å². The first-order chi connectivity index (χ1) is 9.90. The summed E-state index contributed by atoms with van der Waals surface area (Å²) in [5.41, 5.74) is 11.3. The third kappa shape index (κ3) is 3.37. The maximum absolute atomic E-state index is 14.2. The number of nitrogens with two attached hydrogens (primary N) is 2. The third-order valence-corrected chi connectivity index (χ3v) is 3.67. The van der Waals surface area contributed by atoms with Gasteiger partial charge in [0.05, 0.1) is 4.47 Å². The molecule has 0 bridgehead atoms. The van der Waals surface area contributed by atoms with Gasteiger partial charge < -0.3 is 16.2 Å². The van der Waals surface area contributed by atoms with Gasteiger partial charge in [-0.1, -0.05) is 12.2 Å². The molecule has 7 heteroatoms. The van der Waals surface area contributed by atoms with E-state index in [4.69, 9.17) is 28.4 Å². The summed E-state index contributed by atoms with van der Waals surface area (Å²) < 4.78 is 19.7. The summed E-state index contributed by atoms with van der Waals surface area (Å²) in [5, 5.41) is 0. The normalized spacial score (nSPS) is 10.2. The Balaban J connectivity index is 2.29. The summed E-state index contributed by atoms with van der Waals surface area (Å²) in [4.78, 5) is 11.0. The van der Waals surface area contributed by atoms with E-state index in [1.54, 1.807) is 6.07 Å². The molecule has 0 saturated carbocycles. The molecule has 0 heterocycles. The van der Waals surface area contributed by atoms with Gasteiger partial charge in [-0.2, -0.15) is 0 Å². The summed E-state index contributed by atoms with van der Waals surface area (Å²) in [6, 6.07) is 9.02. The minimum absolute atomic E-state index is 0.00806. The van der Waals surface area contributed by atoms with Crippen molar-refractivity contribution in [3.63, 3.8) is 0 Å². The maximum atomic E-state index is 14.2. The van der Waals surface area contributed by atoms with Crippen LogP contribution in [0, 0.1) is 5.82 Å². The van der Waals surface area contributed by atoms with E-state index >= 15 is 0 Å². The van der Waals surface area contributed by atoms with Gasteiger partial charge in [-0.15, -0.1) is 0 Å². The second-order valence-corrected chi connectivity index (χ2v) is 5.33. The number of hydrogen-bond acceptors (Lipinski definition) is 3. The van der Waals surface area contributed by atoms with E-state index in [9.17, 15) is 9.18 Å². The fourth-order valence-electron chi connectivity index (χ4n) is 1.62. The van der Waals surface area contributed by atoms with Crippen molar-refractivity contribution in [2.45, 2.75) is 0 Å². The molecule has 0 saturated heterocycles. The number of ether oxygens (including phenoxy) is 1. The number of halogens is 2. The molecule has 0 unspecified atom stereocenters. The van der Waals surface area contributed by atoms with Crippen molar-refractivity contribution in [2.75, 3.05) is 0 Å². The van der Waals surface area contributed by atoms with E-state index in [0.717, 1.165) is 0 Å². The third-order valence-electron chi connectivity index (χ3n) is 2.68. The molecule has 2 aromatic carbocycles.